The molecule has 3 atom stereocenters. The fourth-order valence-electron chi connectivity index (χ4n) is 3.58. The molecular formula is C18H35. The van der Waals surface area contributed by atoms with E-state index in [1.165, 1.54) is 12.8 Å². The van der Waals surface area contributed by atoms with Crippen LogP contribution in [0.15, 0.2) is 0 Å². The molecule has 1 rings (SSSR count). The normalized spacial score (nSPS) is 31.5. The Balaban J connectivity index is 2.94. The molecule has 18 heavy (non-hydrogen) atoms. The highest BCUT2D eigenvalue weighted by Gasteiger charge is 2.44. The van der Waals surface area contributed by atoms with Gasteiger partial charge in [-0.25, -0.2) is 0 Å². The molecule has 0 bridgehead atoms. The van der Waals surface area contributed by atoms with E-state index in [-0.39, 0.29) is 0 Å². The van der Waals surface area contributed by atoms with Crippen molar-refractivity contribution in [1.82, 2.24) is 0 Å². The van der Waals surface area contributed by atoms with Crippen molar-refractivity contribution in [3.63, 3.8) is 0 Å². The summed E-state index contributed by atoms with van der Waals surface area (Å²) in [6, 6.07) is 0. The van der Waals surface area contributed by atoms with Gasteiger partial charge in [-0.05, 0) is 53.3 Å². The van der Waals surface area contributed by atoms with Crippen LogP contribution in [0.3, 0.4) is 0 Å². The third-order valence-electron chi connectivity index (χ3n) is 4.98. The van der Waals surface area contributed by atoms with Crippen molar-refractivity contribution >= 4 is 0 Å². The van der Waals surface area contributed by atoms with Gasteiger partial charge >= 0.3 is 0 Å². The second-order valence-electron chi connectivity index (χ2n) is 9.63. The highest BCUT2D eigenvalue weighted by molar-refractivity contribution is 5.01. The summed E-state index contributed by atoms with van der Waals surface area (Å²) in [5.41, 5.74) is 1.27. The van der Waals surface area contributed by atoms with Gasteiger partial charge in [0.05, 0.1) is 0 Å². The fraction of sp³-hybridized carbons (Fsp3) is 0.944. The molecule has 0 aromatic carbocycles. The minimum absolute atomic E-state index is 0.404. The van der Waals surface area contributed by atoms with E-state index in [4.69, 9.17) is 0 Å². The minimum atomic E-state index is 0.404. The number of rotatable bonds is 0. The molecule has 0 aliphatic heterocycles. The molecule has 1 saturated carbocycles. The highest BCUT2D eigenvalue weighted by Crippen LogP contribution is 2.53. The summed E-state index contributed by atoms with van der Waals surface area (Å²) in [5, 5.41) is 0. The van der Waals surface area contributed by atoms with Crippen molar-refractivity contribution in [1.29, 1.82) is 0 Å². The fourth-order valence-corrected chi connectivity index (χ4v) is 3.58. The molecule has 1 aliphatic rings. The second-order valence-corrected chi connectivity index (χ2v) is 9.63. The van der Waals surface area contributed by atoms with Crippen LogP contribution in [0.2, 0.25) is 0 Å². The summed E-state index contributed by atoms with van der Waals surface area (Å²) in [4.78, 5) is 0. The van der Waals surface area contributed by atoms with Crippen molar-refractivity contribution in [2.45, 2.75) is 75.2 Å². The summed E-state index contributed by atoms with van der Waals surface area (Å²) < 4.78 is 0. The van der Waals surface area contributed by atoms with Gasteiger partial charge in [0.25, 0.3) is 0 Å². The molecule has 0 aromatic heterocycles. The Hall–Kier alpha value is 0. The van der Waals surface area contributed by atoms with Gasteiger partial charge < -0.3 is 0 Å². The molecular weight excluding hydrogens is 216 g/mol. The summed E-state index contributed by atoms with van der Waals surface area (Å²) in [7, 11) is 0. The third-order valence-corrected chi connectivity index (χ3v) is 4.98. The Morgan fingerprint density at radius 2 is 1.22 bits per heavy atom. The predicted molar refractivity (Wildman–Crippen MR) is 82.4 cm³/mol. The Labute approximate surface area is 116 Å². The Morgan fingerprint density at radius 1 is 0.722 bits per heavy atom. The van der Waals surface area contributed by atoms with Crippen LogP contribution in [0.1, 0.15) is 75.2 Å². The van der Waals surface area contributed by atoms with E-state index in [1.54, 1.807) is 0 Å². The molecule has 0 aromatic rings. The first-order valence-corrected chi connectivity index (χ1v) is 7.67. The van der Waals surface area contributed by atoms with Gasteiger partial charge in [-0.15, -0.1) is 0 Å². The molecule has 107 valence electrons. The second kappa shape index (κ2) is 4.84. The molecule has 1 radical (unpaired) electrons. The van der Waals surface area contributed by atoms with E-state index >= 15 is 0 Å². The molecule has 0 nitrogen and oxygen atoms in total. The first-order chi connectivity index (χ1) is 7.83. The maximum absolute atomic E-state index is 2.65. The van der Waals surface area contributed by atoms with Gasteiger partial charge in [0.1, 0.15) is 0 Å². The lowest BCUT2D eigenvalue weighted by molar-refractivity contribution is 0.0185. The van der Waals surface area contributed by atoms with Crippen LogP contribution in [-0.4, -0.2) is 0 Å². The van der Waals surface area contributed by atoms with Crippen molar-refractivity contribution < 1.29 is 0 Å². The van der Waals surface area contributed by atoms with Crippen LogP contribution in [0.4, 0.5) is 0 Å². The zero-order valence-electron chi connectivity index (χ0n) is 14.2. The van der Waals surface area contributed by atoms with Gasteiger partial charge in [-0.2, -0.15) is 0 Å². The third kappa shape index (κ3) is 3.75. The molecule has 0 amide bonds. The minimum Gasteiger partial charge on any atom is -0.0599 e. The number of hydrogen-bond donors (Lipinski definition) is 0. The Kier molecular flexibility index (Phi) is 4.31. The average Bonchev–Trinajstić information content (AvgIpc) is 2.12. The largest absolute Gasteiger partial charge is 0.0599 e. The lowest BCUT2D eigenvalue weighted by Gasteiger charge is -2.51. The monoisotopic (exact) mass is 251 g/mol. The highest BCUT2D eigenvalue weighted by atomic mass is 14.5. The van der Waals surface area contributed by atoms with Gasteiger partial charge in [-0.3, -0.25) is 0 Å². The zero-order chi connectivity index (χ0) is 14.4. The predicted octanol–water partition coefficient (Wildman–Crippen LogP) is 5.97. The van der Waals surface area contributed by atoms with Gasteiger partial charge in [-0.1, -0.05) is 62.3 Å². The van der Waals surface area contributed by atoms with E-state index in [0.29, 0.717) is 16.2 Å². The van der Waals surface area contributed by atoms with Crippen molar-refractivity contribution in [2.24, 2.45) is 34.0 Å². The summed E-state index contributed by atoms with van der Waals surface area (Å²) in [6.07, 6.45) is 5.35. The lowest BCUT2D eigenvalue weighted by Crippen LogP contribution is -2.43. The quantitative estimate of drug-likeness (QED) is 0.497. The molecule has 0 N–H and O–H groups in total. The lowest BCUT2D eigenvalue weighted by atomic mass is 9.54. The van der Waals surface area contributed by atoms with E-state index in [2.05, 4.69) is 68.7 Å². The molecule has 1 aliphatic carbocycles. The number of hydrogen-bond acceptors (Lipinski definition) is 0. The maximum Gasteiger partial charge on any atom is -0.0301 e. The molecule has 0 spiro atoms. The molecule has 3 unspecified atom stereocenters. The molecule has 0 heteroatoms. The summed E-state index contributed by atoms with van der Waals surface area (Å²) in [6.45, 7) is 21.7. The van der Waals surface area contributed by atoms with Crippen LogP contribution >= 0.6 is 0 Å². The van der Waals surface area contributed by atoms with Crippen molar-refractivity contribution in [3.8, 4) is 0 Å². The van der Waals surface area contributed by atoms with E-state index in [1.807, 2.05) is 0 Å². The van der Waals surface area contributed by atoms with Gasteiger partial charge in [0.15, 0.2) is 0 Å². The van der Waals surface area contributed by atoms with Crippen molar-refractivity contribution in [3.05, 3.63) is 6.42 Å². The summed E-state index contributed by atoms with van der Waals surface area (Å²) >= 11 is 0. The molecule has 0 heterocycles. The van der Waals surface area contributed by atoms with Crippen LogP contribution in [0.5, 0.6) is 0 Å². The zero-order valence-corrected chi connectivity index (χ0v) is 14.2. The first kappa shape index (κ1) is 16.1. The molecule has 1 fully saturated rings. The molecule has 0 saturated heterocycles. The van der Waals surface area contributed by atoms with E-state index < -0.39 is 0 Å². The van der Waals surface area contributed by atoms with E-state index in [9.17, 15) is 0 Å². The standard InChI is InChI=1S/C18H35/c1-16(2,3)13-10-11-14(17(4,5)6)15(12-13)18(7,8)9/h11,13-15H,10,12H2,1-9H3. The van der Waals surface area contributed by atoms with E-state index in [0.717, 1.165) is 17.8 Å². The van der Waals surface area contributed by atoms with Crippen molar-refractivity contribution in [2.75, 3.05) is 0 Å². The Morgan fingerprint density at radius 3 is 1.56 bits per heavy atom. The van der Waals surface area contributed by atoms with Crippen LogP contribution < -0.4 is 0 Å². The average molecular weight is 251 g/mol. The smallest absolute Gasteiger partial charge is 0.0301 e. The van der Waals surface area contributed by atoms with Crippen LogP contribution in [0, 0.1) is 40.4 Å². The maximum atomic E-state index is 2.65. The first-order valence-electron chi connectivity index (χ1n) is 7.67. The SMILES string of the molecule is CC(C)(C)C1C[CH]C(C(C)(C)C)C(C(C)(C)C)C1. The van der Waals surface area contributed by atoms with Gasteiger partial charge in [0.2, 0.25) is 0 Å². The Bertz CT molecular complexity index is 266. The van der Waals surface area contributed by atoms with Crippen LogP contribution in [0.25, 0.3) is 0 Å². The van der Waals surface area contributed by atoms with Gasteiger partial charge in [0, 0.05) is 0 Å². The topological polar surface area (TPSA) is 0 Å². The van der Waals surface area contributed by atoms with Crippen LogP contribution in [-0.2, 0) is 0 Å². The summed E-state index contributed by atoms with van der Waals surface area (Å²) in [5.74, 6) is 2.42.